The molecule has 128 valence electrons. The quantitative estimate of drug-likeness (QED) is 0.823. The van der Waals surface area contributed by atoms with Gasteiger partial charge in [-0.25, -0.2) is 4.98 Å². The van der Waals surface area contributed by atoms with Crippen molar-refractivity contribution in [2.45, 2.75) is 31.7 Å². The molecular formula is C18H25N5O. The molecule has 0 N–H and O–H groups in total. The Morgan fingerprint density at radius 1 is 1.17 bits per heavy atom. The molecule has 1 atom stereocenters. The smallest absolute Gasteiger partial charge is 0.240 e. The second-order valence-electron chi connectivity index (χ2n) is 6.67. The lowest BCUT2D eigenvalue weighted by Gasteiger charge is -2.38. The predicted molar refractivity (Wildman–Crippen MR) is 92.6 cm³/mol. The number of rotatable bonds is 2. The first-order valence-corrected chi connectivity index (χ1v) is 8.79. The predicted octanol–water partition coefficient (Wildman–Crippen LogP) is 1.48. The van der Waals surface area contributed by atoms with Crippen LogP contribution in [0.3, 0.4) is 0 Å². The van der Waals surface area contributed by atoms with Gasteiger partial charge in [-0.3, -0.25) is 9.69 Å². The van der Waals surface area contributed by atoms with Crippen LogP contribution in [0.2, 0.25) is 0 Å². The lowest BCUT2D eigenvalue weighted by molar-refractivity contribution is -0.136. The van der Waals surface area contributed by atoms with Gasteiger partial charge < -0.3 is 9.80 Å². The van der Waals surface area contributed by atoms with E-state index in [1.807, 2.05) is 11.0 Å². The highest BCUT2D eigenvalue weighted by molar-refractivity contribution is 5.82. The van der Waals surface area contributed by atoms with Crippen LogP contribution in [0.15, 0.2) is 18.3 Å². The van der Waals surface area contributed by atoms with Gasteiger partial charge in [0.05, 0.1) is 11.6 Å². The monoisotopic (exact) mass is 327 g/mol. The van der Waals surface area contributed by atoms with Crippen LogP contribution < -0.4 is 4.90 Å². The average molecular weight is 327 g/mol. The maximum atomic E-state index is 12.9. The molecule has 0 aliphatic carbocycles. The van der Waals surface area contributed by atoms with Gasteiger partial charge in [0.25, 0.3) is 0 Å². The van der Waals surface area contributed by atoms with E-state index in [1.54, 1.807) is 12.3 Å². The number of aromatic nitrogens is 1. The fourth-order valence-corrected chi connectivity index (χ4v) is 3.57. The van der Waals surface area contributed by atoms with Gasteiger partial charge >= 0.3 is 0 Å². The lowest BCUT2D eigenvalue weighted by Crippen LogP contribution is -2.54. The van der Waals surface area contributed by atoms with E-state index in [4.69, 9.17) is 5.26 Å². The molecule has 24 heavy (non-hydrogen) atoms. The Hall–Kier alpha value is -2.13. The number of likely N-dealkylation sites (tertiary alicyclic amines) is 1. The number of carbonyl (C=O) groups excluding carboxylic acids is 1. The summed E-state index contributed by atoms with van der Waals surface area (Å²) in [6.45, 7) is 4.09. The van der Waals surface area contributed by atoms with Crippen molar-refractivity contribution < 1.29 is 4.79 Å². The Kier molecular flexibility index (Phi) is 5.31. The molecule has 2 saturated heterocycles. The number of nitrogens with zero attached hydrogens (tertiary/aromatic N) is 5. The molecule has 0 bridgehead atoms. The molecule has 0 radical (unpaired) electrons. The second kappa shape index (κ2) is 7.63. The van der Waals surface area contributed by atoms with E-state index in [9.17, 15) is 4.79 Å². The molecule has 6 nitrogen and oxygen atoms in total. The summed E-state index contributed by atoms with van der Waals surface area (Å²) < 4.78 is 0. The Bertz CT molecular complexity index is 601. The minimum absolute atomic E-state index is 0.0482. The molecule has 0 spiro atoms. The molecule has 3 rings (SSSR count). The van der Waals surface area contributed by atoms with Crippen molar-refractivity contribution in [1.82, 2.24) is 14.8 Å². The molecule has 3 heterocycles. The van der Waals surface area contributed by atoms with Gasteiger partial charge in [-0.2, -0.15) is 5.26 Å². The van der Waals surface area contributed by atoms with Crippen LogP contribution in [0.1, 0.15) is 31.2 Å². The minimum Gasteiger partial charge on any atom is -0.353 e. The standard InChI is InChI=1S/C18H25N5O/c1-21-8-4-2-3-5-16(21)18(24)23-11-9-22(10-12-23)17-7-6-15(13-19)14-20-17/h6-7,14,16H,2-5,8-12H2,1H3/t16-/m0/s1. The number of piperazine rings is 1. The zero-order valence-electron chi connectivity index (χ0n) is 14.3. The lowest BCUT2D eigenvalue weighted by atomic mass is 10.1. The first kappa shape index (κ1) is 16.7. The third-order valence-electron chi connectivity index (χ3n) is 5.10. The Balaban J connectivity index is 1.57. The van der Waals surface area contributed by atoms with Gasteiger partial charge in [0.1, 0.15) is 11.9 Å². The van der Waals surface area contributed by atoms with Gasteiger partial charge in [0.2, 0.25) is 5.91 Å². The summed E-state index contributed by atoms with van der Waals surface area (Å²) in [5.41, 5.74) is 0.573. The summed E-state index contributed by atoms with van der Waals surface area (Å²) in [7, 11) is 2.07. The normalized spacial score (nSPS) is 22.8. The largest absolute Gasteiger partial charge is 0.353 e. The Morgan fingerprint density at radius 3 is 2.62 bits per heavy atom. The number of hydrogen-bond donors (Lipinski definition) is 0. The molecule has 2 fully saturated rings. The summed E-state index contributed by atoms with van der Waals surface area (Å²) in [6.07, 6.45) is 6.15. The third kappa shape index (κ3) is 3.68. The molecule has 1 aromatic heterocycles. The number of pyridine rings is 1. The minimum atomic E-state index is 0.0482. The number of hydrogen-bond acceptors (Lipinski definition) is 5. The van der Waals surface area contributed by atoms with Crippen molar-refractivity contribution in [3.8, 4) is 6.07 Å². The number of carbonyl (C=O) groups is 1. The van der Waals surface area contributed by atoms with Gasteiger partial charge in [0.15, 0.2) is 0 Å². The zero-order valence-corrected chi connectivity index (χ0v) is 14.3. The second-order valence-corrected chi connectivity index (χ2v) is 6.67. The Morgan fingerprint density at radius 2 is 1.96 bits per heavy atom. The number of amides is 1. The van der Waals surface area contributed by atoms with Crippen molar-refractivity contribution in [1.29, 1.82) is 5.26 Å². The maximum Gasteiger partial charge on any atom is 0.240 e. The van der Waals surface area contributed by atoms with Crippen molar-refractivity contribution in [2.75, 3.05) is 44.7 Å². The highest BCUT2D eigenvalue weighted by atomic mass is 16.2. The van der Waals surface area contributed by atoms with Crippen molar-refractivity contribution in [3.63, 3.8) is 0 Å². The van der Waals surface area contributed by atoms with Crippen LogP contribution >= 0.6 is 0 Å². The van der Waals surface area contributed by atoms with Gasteiger partial charge in [0, 0.05) is 32.4 Å². The van der Waals surface area contributed by atoms with E-state index in [0.29, 0.717) is 5.56 Å². The van der Waals surface area contributed by atoms with Crippen molar-refractivity contribution in [2.24, 2.45) is 0 Å². The molecule has 1 amide bonds. The van der Waals surface area contributed by atoms with Gasteiger partial charge in [-0.1, -0.05) is 12.8 Å². The van der Waals surface area contributed by atoms with Gasteiger partial charge in [-0.05, 0) is 38.6 Å². The summed E-state index contributed by atoms with van der Waals surface area (Å²) >= 11 is 0. The zero-order chi connectivity index (χ0) is 16.9. The summed E-state index contributed by atoms with van der Waals surface area (Å²) in [6, 6.07) is 5.81. The topological polar surface area (TPSA) is 63.5 Å². The first-order chi connectivity index (χ1) is 11.7. The molecular weight excluding hydrogens is 302 g/mol. The van der Waals surface area contributed by atoms with E-state index < -0.39 is 0 Å². The van der Waals surface area contributed by atoms with Crippen LogP contribution in [0.25, 0.3) is 0 Å². The molecule has 0 saturated carbocycles. The number of likely N-dealkylation sites (N-methyl/N-ethyl adjacent to an activating group) is 1. The van der Waals surface area contributed by atoms with E-state index in [0.717, 1.165) is 51.4 Å². The fourth-order valence-electron chi connectivity index (χ4n) is 3.57. The molecule has 2 aliphatic heterocycles. The van der Waals surface area contributed by atoms with E-state index >= 15 is 0 Å². The van der Waals surface area contributed by atoms with Crippen molar-refractivity contribution in [3.05, 3.63) is 23.9 Å². The third-order valence-corrected chi connectivity index (χ3v) is 5.10. The summed E-state index contributed by atoms with van der Waals surface area (Å²) in [5.74, 6) is 1.17. The van der Waals surface area contributed by atoms with E-state index in [1.165, 1.54) is 12.8 Å². The van der Waals surface area contributed by atoms with E-state index in [2.05, 4.69) is 27.9 Å². The fraction of sp³-hybridized carbons (Fsp3) is 0.611. The average Bonchev–Trinajstić information content (AvgIpc) is 2.86. The molecule has 2 aliphatic rings. The van der Waals surface area contributed by atoms with E-state index in [-0.39, 0.29) is 11.9 Å². The number of anilines is 1. The molecule has 0 unspecified atom stereocenters. The first-order valence-electron chi connectivity index (χ1n) is 8.79. The van der Waals surface area contributed by atoms with Crippen LogP contribution in [0.5, 0.6) is 0 Å². The molecule has 6 heteroatoms. The van der Waals surface area contributed by atoms with Crippen LogP contribution in [-0.4, -0.2) is 66.5 Å². The summed E-state index contributed by atoms with van der Waals surface area (Å²) in [4.78, 5) is 23.6. The molecule has 0 aromatic carbocycles. The maximum absolute atomic E-state index is 12.9. The van der Waals surface area contributed by atoms with Gasteiger partial charge in [-0.15, -0.1) is 0 Å². The van der Waals surface area contributed by atoms with Crippen LogP contribution in [0.4, 0.5) is 5.82 Å². The van der Waals surface area contributed by atoms with Crippen LogP contribution in [-0.2, 0) is 4.79 Å². The highest BCUT2D eigenvalue weighted by Crippen LogP contribution is 2.19. The van der Waals surface area contributed by atoms with Crippen molar-refractivity contribution >= 4 is 11.7 Å². The number of nitriles is 1. The summed E-state index contributed by atoms with van der Waals surface area (Å²) in [5, 5.41) is 8.85. The molecule has 1 aromatic rings. The Labute approximate surface area is 143 Å². The SMILES string of the molecule is CN1CCCCC[C@H]1C(=O)N1CCN(c2ccc(C#N)cn2)CC1. The highest BCUT2D eigenvalue weighted by Gasteiger charge is 2.30. The van der Waals surface area contributed by atoms with Crippen LogP contribution in [0, 0.1) is 11.3 Å².